The number of benzene rings is 2. The molecular formula is C14H9ClF3O. The molecule has 0 saturated heterocycles. The van der Waals surface area contributed by atoms with Crippen LogP contribution in [0.2, 0.25) is 5.02 Å². The molecule has 0 heterocycles. The van der Waals surface area contributed by atoms with Crippen molar-refractivity contribution in [3.63, 3.8) is 0 Å². The molecule has 0 saturated carbocycles. The molecule has 19 heavy (non-hydrogen) atoms. The Kier molecular flexibility index (Phi) is 4.00. The van der Waals surface area contributed by atoms with Crippen LogP contribution in [0.4, 0.5) is 13.2 Å². The summed E-state index contributed by atoms with van der Waals surface area (Å²) < 4.78 is 42.7. The Morgan fingerprint density at radius 3 is 2.42 bits per heavy atom. The number of rotatable bonds is 3. The Morgan fingerprint density at radius 2 is 1.79 bits per heavy atom. The summed E-state index contributed by atoms with van der Waals surface area (Å²) >= 11 is 5.73. The van der Waals surface area contributed by atoms with E-state index in [0.717, 1.165) is 17.7 Å². The highest BCUT2D eigenvalue weighted by Crippen LogP contribution is 2.31. The van der Waals surface area contributed by atoms with Gasteiger partial charge >= 0.3 is 6.18 Å². The summed E-state index contributed by atoms with van der Waals surface area (Å²) in [5.41, 5.74) is 0.0444. The average Bonchev–Trinajstić information content (AvgIpc) is 2.37. The van der Waals surface area contributed by atoms with E-state index in [0.29, 0.717) is 5.02 Å². The van der Waals surface area contributed by atoms with Gasteiger partial charge in [-0.25, -0.2) is 0 Å². The van der Waals surface area contributed by atoms with Gasteiger partial charge in [-0.2, -0.15) is 13.2 Å². The molecule has 0 atom stereocenters. The van der Waals surface area contributed by atoms with Crippen molar-refractivity contribution in [1.82, 2.24) is 0 Å². The van der Waals surface area contributed by atoms with Gasteiger partial charge in [0.15, 0.2) is 0 Å². The van der Waals surface area contributed by atoms with E-state index in [1.807, 2.05) is 0 Å². The second-order valence-corrected chi connectivity index (χ2v) is 4.31. The lowest BCUT2D eigenvalue weighted by atomic mass is 10.2. The van der Waals surface area contributed by atoms with Gasteiger partial charge in [0, 0.05) is 5.02 Å². The molecule has 0 aromatic heterocycles. The van der Waals surface area contributed by atoms with E-state index < -0.39 is 11.7 Å². The van der Waals surface area contributed by atoms with Crippen molar-refractivity contribution in [2.45, 2.75) is 12.8 Å². The smallest absolute Gasteiger partial charge is 0.416 e. The minimum atomic E-state index is -4.39. The molecular weight excluding hydrogens is 277 g/mol. The summed E-state index contributed by atoms with van der Waals surface area (Å²) in [4.78, 5) is 0. The van der Waals surface area contributed by atoms with Crippen LogP contribution in [-0.4, -0.2) is 0 Å². The van der Waals surface area contributed by atoms with Gasteiger partial charge in [-0.15, -0.1) is 0 Å². The second-order valence-electron chi connectivity index (χ2n) is 3.87. The topological polar surface area (TPSA) is 9.23 Å². The molecule has 0 bridgehead atoms. The zero-order valence-electron chi connectivity index (χ0n) is 9.67. The fourth-order valence-corrected chi connectivity index (χ4v) is 1.57. The molecule has 1 radical (unpaired) electrons. The molecule has 5 heteroatoms. The molecule has 1 nitrogen and oxygen atoms in total. The van der Waals surface area contributed by atoms with E-state index >= 15 is 0 Å². The van der Waals surface area contributed by atoms with E-state index in [9.17, 15) is 13.2 Å². The first-order valence-corrected chi connectivity index (χ1v) is 5.78. The number of hydrogen-bond acceptors (Lipinski definition) is 1. The van der Waals surface area contributed by atoms with Gasteiger partial charge in [0.2, 0.25) is 0 Å². The van der Waals surface area contributed by atoms with Gasteiger partial charge in [-0.05, 0) is 42.0 Å². The van der Waals surface area contributed by atoms with Crippen LogP contribution < -0.4 is 4.74 Å². The Bertz CT molecular complexity index is 549. The highest BCUT2D eigenvalue weighted by atomic mass is 35.5. The molecule has 2 aromatic carbocycles. The van der Waals surface area contributed by atoms with Crippen molar-refractivity contribution < 1.29 is 17.9 Å². The predicted octanol–water partition coefficient (Wildman–Crippen LogP) is 4.74. The van der Waals surface area contributed by atoms with Crippen molar-refractivity contribution in [2.75, 3.05) is 0 Å². The third kappa shape index (κ3) is 3.89. The lowest BCUT2D eigenvalue weighted by Crippen LogP contribution is -2.05. The molecule has 2 rings (SSSR count). The molecule has 0 aliphatic heterocycles. The van der Waals surface area contributed by atoms with Gasteiger partial charge in [-0.1, -0.05) is 23.7 Å². The highest BCUT2D eigenvalue weighted by molar-refractivity contribution is 6.30. The van der Waals surface area contributed by atoms with Gasteiger partial charge < -0.3 is 4.74 Å². The third-order valence-electron chi connectivity index (χ3n) is 2.41. The maximum Gasteiger partial charge on any atom is 0.416 e. The standard InChI is InChI=1S/C14H9ClF3O/c15-12-6-4-10(5-7-12)9-19-13-3-1-2-11(8-13)14(16,17)18/h2-8H,9H2. The zero-order chi connectivity index (χ0) is 13.9. The quantitative estimate of drug-likeness (QED) is 0.791. The van der Waals surface area contributed by atoms with Crippen LogP contribution in [0.15, 0.2) is 42.5 Å². The molecule has 0 spiro atoms. The minimum absolute atomic E-state index is 0.129. The summed E-state index contributed by atoms with van der Waals surface area (Å²) in [5.74, 6) is 0.129. The molecule has 99 valence electrons. The molecule has 0 unspecified atom stereocenters. The first-order valence-electron chi connectivity index (χ1n) is 5.41. The maximum atomic E-state index is 12.5. The van der Waals surface area contributed by atoms with E-state index in [-0.39, 0.29) is 12.4 Å². The normalized spacial score (nSPS) is 11.4. The van der Waals surface area contributed by atoms with E-state index in [1.54, 1.807) is 24.3 Å². The van der Waals surface area contributed by atoms with Crippen molar-refractivity contribution in [2.24, 2.45) is 0 Å². The number of alkyl halides is 3. The largest absolute Gasteiger partial charge is 0.489 e. The van der Waals surface area contributed by atoms with Crippen LogP contribution in [0.25, 0.3) is 0 Å². The molecule has 0 aliphatic rings. The van der Waals surface area contributed by atoms with Gasteiger partial charge in [0.1, 0.15) is 12.4 Å². The van der Waals surface area contributed by atoms with Crippen molar-refractivity contribution in [3.05, 3.63) is 64.7 Å². The van der Waals surface area contributed by atoms with Crippen LogP contribution in [0.1, 0.15) is 11.1 Å². The Balaban J connectivity index is 2.05. The SMILES string of the molecule is FC(F)(F)c1c[c]cc(OCc2ccc(Cl)cc2)c1. The van der Waals surface area contributed by atoms with E-state index in [2.05, 4.69) is 6.07 Å². The lowest BCUT2D eigenvalue weighted by Gasteiger charge is -2.10. The summed E-state index contributed by atoms with van der Waals surface area (Å²) in [5, 5.41) is 0.594. The van der Waals surface area contributed by atoms with Crippen LogP contribution >= 0.6 is 11.6 Å². The number of hydrogen-bond donors (Lipinski definition) is 0. The summed E-state index contributed by atoms with van der Waals surface area (Å²) in [6, 6.07) is 12.5. The molecule has 0 fully saturated rings. The van der Waals surface area contributed by atoms with Crippen LogP contribution in [-0.2, 0) is 12.8 Å². The average molecular weight is 286 g/mol. The summed E-state index contributed by atoms with van der Waals surface area (Å²) in [7, 11) is 0. The summed E-state index contributed by atoms with van der Waals surface area (Å²) in [6.45, 7) is 0.173. The van der Waals surface area contributed by atoms with Crippen LogP contribution in [0.5, 0.6) is 5.75 Å². The Morgan fingerprint density at radius 1 is 1.11 bits per heavy atom. The maximum absolute atomic E-state index is 12.5. The first kappa shape index (κ1) is 13.7. The molecule has 0 amide bonds. The fraction of sp³-hybridized carbons (Fsp3) is 0.143. The van der Waals surface area contributed by atoms with E-state index in [4.69, 9.17) is 16.3 Å². The second kappa shape index (κ2) is 5.53. The van der Waals surface area contributed by atoms with Crippen molar-refractivity contribution >= 4 is 11.6 Å². The van der Waals surface area contributed by atoms with Crippen LogP contribution in [0, 0.1) is 6.07 Å². The highest BCUT2D eigenvalue weighted by Gasteiger charge is 2.30. The van der Waals surface area contributed by atoms with Crippen LogP contribution in [0.3, 0.4) is 0 Å². The van der Waals surface area contributed by atoms with Gasteiger partial charge in [0.05, 0.1) is 5.56 Å². The van der Waals surface area contributed by atoms with Crippen molar-refractivity contribution in [1.29, 1.82) is 0 Å². The number of halogens is 4. The molecule has 0 aliphatic carbocycles. The monoisotopic (exact) mass is 285 g/mol. The Hall–Kier alpha value is -1.68. The molecule has 0 N–H and O–H groups in total. The predicted molar refractivity (Wildman–Crippen MR) is 66.1 cm³/mol. The molecule has 2 aromatic rings. The fourth-order valence-electron chi connectivity index (χ4n) is 1.44. The summed E-state index contributed by atoms with van der Waals surface area (Å²) in [6.07, 6.45) is -4.39. The third-order valence-corrected chi connectivity index (χ3v) is 2.66. The van der Waals surface area contributed by atoms with E-state index in [1.165, 1.54) is 6.07 Å². The number of ether oxygens (including phenoxy) is 1. The Labute approximate surface area is 113 Å². The van der Waals surface area contributed by atoms with Crippen molar-refractivity contribution in [3.8, 4) is 5.75 Å². The minimum Gasteiger partial charge on any atom is -0.489 e. The van der Waals surface area contributed by atoms with Gasteiger partial charge in [-0.3, -0.25) is 0 Å². The zero-order valence-corrected chi connectivity index (χ0v) is 10.4. The first-order chi connectivity index (χ1) is 8.95. The lowest BCUT2D eigenvalue weighted by molar-refractivity contribution is -0.137. The van der Waals surface area contributed by atoms with Gasteiger partial charge in [0.25, 0.3) is 0 Å².